The van der Waals surface area contributed by atoms with Crippen LogP contribution < -0.4 is 4.74 Å². The summed E-state index contributed by atoms with van der Waals surface area (Å²) in [5, 5.41) is 14.0. The second-order valence-corrected chi connectivity index (χ2v) is 7.02. The first kappa shape index (κ1) is 21.4. The van der Waals surface area contributed by atoms with Gasteiger partial charge in [-0.2, -0.15) is 0 Å². The molecule has 0 saturated heterocycles. The third-order valence-corrected chi connectivity index (χ3v) is 4.65. The minimum atomic E-state index is -0.845. The number of carboxylic acid groups (broad SMARTS) is 1. The van der Waals surface area contributed by atoms with E-state index in [0.29, 0.717) is 25.4 Å². The molecule has 0 spiro atoms. The van der Waals surface area contributed by atoms with E-state index in [1.54, 1.807) is 30.5 Å². The zero-order valence-electron chi connectivity index (χ0n) is 17.2. The number of benzene rings is 2. The van der Waals surface area contributed by atoms with Crippen molar-refractivity contribution in [3.63, 3.8) is 0 Å². The van der Waals surface area contributed by atoms with Crippen molar-refractivity contribution in [3.8, 4) is 5.75 Å². The Bertz CT molecular complexity index is 975. The number of hydrogen-bond acceptors (Lipinski definition) is 5. The van der Waals surface area contributed by atoms with Crippen LogP contribution in [-0.2, 0) is 22.5 Å². The molecular weight excluding hydrogens is 382 g/mol. The van der Waals surface area contributed by atoms with Gasteiger partial charge >= 0.3 is 5.97 Å². The molecule has 0 radical (unpaired) electrons. The molecule has 1 heterocycles. The number of para-hydroxylation sites is 1. The first-order valence-electron chi connectivity index (χ1n) is 10.3. The van der Waals surface area contributed by atoms with E-state index in [4.69, 9.17) is 19.1 Å². The molecule has 1 aromatic heterocycles. The van der Waals surface area contributed by atoms with Crippen LogP contribution >= 0.6 is 0 Å². The fourth-order valence-electron chi connectivity index (χ4n) is 3.11. The minimum absolute atomic E-state index is 0.0121. The average molecular weight is 409 g/mol. The lowest BCUT2D eigenvalue weighted by Crippen LogP contribution is -2.02. The zero-order valence-corrected chi connectivity index (χ0v) is 17.2. The summed E-state index contributed by atoms with van der Waals surface area (Å²) in [7, 11) is 0. The predicted octanol–water partition coefficient (Wildman–Crippen LogP) is 5.22. The molecule has 1 N–H and O–H groups in total. The monoisotopic (exact) mass is 409 g/mol. The summed E-state index contributed by atoms with van der Waals surface area (Å²) in [6.45, 7) is 3.09. The Kier molecular flexibility index (Phi) is 7.89. The summed E-state index contributed by atoms with van der Waals surface area (Å²) in [6, 6.07) is 15.0. The number of carbonyl (C=O) groups is 1. The van der Waals surface area contributed by atoms with Crippen LogP contribution in [0.3, 0.4) is 0 Å². The Morgan fingerprint density at radius 2 is 1.90 bits per heavy atom. The van der Waals surface area contributed by atoms with Crippen molar-refractivity contribution in [1.82, 2.24) is 0 Å². The second kappa shape index (κ2) is 11.0. The Labute approximate surface area is 176 Å². The van der Waals surface area contributed by atoms with Crippen molar-refractivity contribution in [3.05, 3.63) is 65.4 Å². The first-order valence-corrected chi connectivity index (χ1v) is 10.3. The van der Waals surface area contributed by atoms with Gasteiger partial charge in [0.25, 0.3) is 0 Å². The number of ether oxygens (including phenoxy) is 1. The van der Waals surface area contributed by atoms with Crippen molar-refractivity contribution in [2.45, 2.75) is 39.0 Å². The molecule has 0 fully saturated rings. The van der Waals surface area contributed by atoms with Crippen molar-refractivity contribution in [2.24, 2.45) is 5.16 Å². The van der Waals surface area contributed by atoms with Crippen LogP contribution in [0.4, 0.5) is 0 Å². The smallest absolute Gasteiger partial charge is 0.307 e. The van der Waals surface area contributed by atoms with Crippen LogP contribution in [0, 0.1) is 0 Å². The third kappa shape index (κ3) is 6.11. The Balaban J connectivity index is 1.45. The normalized spacial score (nSPS) is 11.2. The molecule has 2 aromatic carbocycles. The molecule has 0 bridgehead atoms. The van der Waals surface area contributed by atoms with E-state index in [2.05, 4.69) is 12.1 Å². The molecule has 6 nitrogen and oxygen atoms in total. The van der Waals surface area contributed by atoms with E-state index in [0.717, 1.165) is 47.1 Å². The summed E-state index contributed by atoms with van der Waals surface area (Å²) in [5.41, 5.74) is 2.60. The van der Waals surface area contributed by atoms with Gasteiger partial charge in [0.15, 0.2) is 0 Å². The molecule has 3 aromatic rings. The SMILES string of the molecule is CCCCc1oc2ccccc2c1/C=N/OCCCOc1ccc(CC(=O)O)cc1. The summed E-state index contributed by atoms with van der Waals surface area (Å²) < 4.78 is 11.6. The molecular formula is C24H27NO5. The maximum absolute atomic E-state index is 10.7. The fraction of sp³-hybridized carbons (Fsp3) is 0.333. The van der Waals surface area contributed by atoms with E-state index in [9.17, 15) is 4.79 Å². The molecule has 0 amide bonds. The molecule has 6 heteroatoms. The highest BCUT2D eigenvalue weighted by Crippen LogP contribution is 2.25. The van der Waals surface area contributed by atoms with E-state index < -0.39 is 5.97 Å². The number of furan rings is 1. The van der Waals surface area contributed by atoms with Gasteiger partial charge in [-0.3, -0.25) is 4.79 Å². The molecule has 3 rings (SSSR count). The highest BCUT2D eigenvalue weighted by molar-refractivity contribution is 5.99. The molecule has 0 aliphatic rings. The molecule has 0 aliphatic carbocycles. The molecule has 0 aliphatic heterocycles. The number of rotatable bonds is 12. The minimum Gasteiger partial charge on any atom is -0.493 e. The van der Waals surface area contributed by atoms with E-state index >= 15 is 0 Å². The van der Waals surface area contributed by atoms with Gasteiger partial charge in [-0.15, -0.1) is 0 Å². The fourth-order valence-corrected chi connectivity index (χ4v) is 3.11. The van der Waals surface area contributed by atoms with Crippen LogP contribution in [0.5, 0.6) is 5.75 Å². The van der Waals surface area contributed by atoms with Crippen molar-refractivity contribution < 1.29 is 23.9 Å². The molecule has 30 heavy (non-hydrogen) atoms. The maximum atomic E-state index is 10.7. The van der Waals surface area contributed by atoms with Crippen LogP contribution in [0.15, 0.2) is 58.1 Å². The van der Waals surface area contributed by atoms with Gasteiger partial charge in [0.05, 0.1) is 19.2 Å². The zero-order chi connectivity index (χ0) is 21.2. The van der Waals surface area contributed by atoms with Crippen LogP contribution in [0.2, 0.25) is 0 Å². The lowest BCUT2D eigenvalue weighted by molar-refractivity contribution is -0.136. The van der Waals surface area contributed by atoms with Crippen molar-refractivity contribution >= 4 is 23.2 Å². The highest BCUT2D eigenvalue weighted by Gasteiger charge is 2.11. The summed E-state index contributed by atoms with van der Waals surface area (Å²) in [4.78, 5) is 16.1. The number of nitrogens with zero attached hydrogens (tertiary/aromatic N) is 1. The second-order valence-electron chi connectivity index (χ2n) is 7.02. The highest BCUT2D eigenvalue weighted by atomic mass is 16.6. The van der Waals surface area contributed by atoms with Crippen molar-refractivity contribution in [1.29, 1.82) is 0 Å². The quantitative estimate of drug-likeness (QED) is 0.252. The molecule has 0 unspecified atom stereocenters. The first-order chi connectivity index (χ1) is 14.7. The topological polar surface area (TPSA) is 81.3 Å². The summed E-state index contributed by atoms with van der Waals surface area (Å²) in [6.07, 6.45) is 5.48. The molecule has 0 atom stereocenters. The number of aryl methyl sites for hydroxylation is 1. The third-order valence-electron chi connectivity index (χ3n) is 4.65. The maximum Gasteiger partial charge on any atom is 0.307 e. The number of carboxylic acids is 1. The number of aliphatic carboxylic acids is 1. The standard InChI is InChI=1S/C24H27NO5/c1-2-3-8-23-21(20-7-4-5-9-22(20)30-23)17-25-29-15-6-14-28-19-12-10-18(11-13-19)16-24(26)27/h4-5,7,9-13,17H,2-3,6,8,14-16H2,1H3,(H,26,27)/b25-17+. The lowest BCUT2D eigenvalue weighted by atomic mass is 10.1. The van der Waals surface area contributed by atoms with Gasteiger partial charge in [-0.05, 0) is 30.2 Å². The molecule has 158 valence electrons. The van der Waals surface area contributed by atoms with Crippen LogP contribution in [0.1, 0.15) is 43.1 Å². The van der Waals surface area contributed by atoms with Gasteiger partial charge in [-0.25, -0.2) is 0 Å². The van der Waals surface area contributed by atoms with Crippen LogP contribution in [0.25, 0.3) is 11.0 Å². The van der Waals surface area contributed by atoms with E-state index in [-0.39, 0.29) is 6.42 Å². The average Bonchev–Trinajstić information content (AvgIpc) is 3.10. The Hall–Kier alpha value is -3.28. The lowest BCUT2D eigenvalue weighted by Gasteiger charge is -2.06. The largest absolute Gasteiger partial charge is 0.493 e. The Morgan fingerprint density at radius 1 is 1.10 bits per heavy atom. The molecule has 0 saturated carbocycles. The van der Waals surface area contributed by atoms with E-state index in [1.165, 1.54) is 0 Å². The number of fused-ring (bicyclic) bond motifs is 1. The van der Waals surface area contributed by atoms with Gasteiger partial charge in [0.2, 0.25) is 0 Å². The van der Waals surface area contributed by atoms with Gasteiger partial charge in [0, 0.05) is 23.8 Å². The Morgan fingerprint density at radius 3 is 2.67 bits per heavy atom. The van der Waals surface area contributed by atoms with Crippen molar-refractivity contribution in [2.75, 3.05) is 13.2 Å². The summed E-state index contributed by atoms with van der Waals surface area (Å²) in [5.74, 6) is 0.806. The number of unbranched alkanes of at least 4 members (excludes halogenated alkanes) is 1. The van der Waals surface area contributed by atoms with E-state index in [1.807, 2.05) is 24.3 Å². The van der Waals surface area contributed by atoms with Gasteiger partial charge in [-0.1, -0.05) is 48.8 Å². The van der Waals surface area contributed by atoms with Crippen LogP contribution in [-0.4, -0.2) is 30.5 Å². The van der Waals surface area contributed by atoms with Gasteiger partial charge in [0.1, 0.15) is 23.7 Å². The van der Waals surface area contributed by atoms with Gasteiger partial charge < -0.3 is 19.1 Å². The number of hydrogen-bond donors (Lipinski definition) is 1. The predicted molar refractivity (Wildman–Crippen MR) is 116 cm³/mol. The summed E-state index contributed by atoms with van der Waals surface area (Å²) >= 11 is 0. The number of oxime groups is 1.